The molecule has 2 amide bonds. The van der Waals surface area contributed by atoms with Gasteiger partial charge in [0.15, 0.2) is 0 Å². The van der Waals surface area contributed by atoms with E-state index in [2.05, 4.69) is 11.8 Å². The summed E-state index contributed by atoms with van der Waals surface area (Å²) in [6.07, 6.45) is 3.92. The van der Waals surface area contributed by atoms with Crippen LogP contribution in [0.5, 0.6) is 0 Å². The number of fused-ring (bicyclic) bond motifs is 1. The molecule has 3 rings (SSSR count). The second-order valence-corrected chi connectivity index (χ2v) is 10.2. The lowest BCUT2D eigenvalue weighted by molar-refractivity contribution is -0.143. The Labute approximate surface area is 168 Å². The lowest BCUT2D eigenvalue weighted by atomic mass is 9.87. The molecule has 3 saturated heterocycles. The highest BCUT2D eigenvalue weighted by atomic mass is 35.5. The third-order valence-electron chi connectivity index (χ3n) is 6.08. The maximum atomic E-state index is 13.0. The van der Waals surface area contributed by atoms with Gasteiger partial charge in [-0.3, -0.25) is 9.59 Å². The standard InChI is InChI=1S/C18H31N3O4S.ClH/c1-5-6-8-19-10-13(11-19)17(22)20-9-7-14-16(20)15(12(2)3)18(23)21(14)26(4,24)25;/h12-16H,5-11H2,1-4H3;1H/t14-,15+,16-;/m0./s1. The van der Waals surface area contributed by atoms with Gasteiger partial charge in [-0.05, 0) is 25.3 Å². The van der Waals surface area contributed by atoms with E-state index in [0.717, 1.165) is 43.0 Å². The first-order chi connectivity index (χ1) is 12.2. The summed E-state index contributed by atoms with van der Waals surface area (Å²) in [7, 11) is -3.61. The molecule has 0 aromatic carbocycles. The second kappa shape index (κ2) is 8.25. The van der Waals surface area contributed by atoms with Crippen molar-refractivity contribution < 1.29 is 18.0 Å². The van der Waals surface area contributed by atoms with Gasteiger partial charge in [-0.1, -0.05) is 27.2 Å². The van der Waals surface area contributed by atoms with E-state index in [4.69, 9.17) is 0 Å². The van der Waals surface area contributed by atoms with Crippen LogP contribution in [0.1, 0.15) is 40.0 Å². The van der Waals surface area contributed by atoms with Crippen LogP contribution in [0.25, 0.3) is 0 Å². The minimum Gasteiger partial charge on any atom is -0.336 e. The number of carbonyl (C=O) groups is 2. The molecule has 9 heteroatoms. The summed E-state index contributed by atoms with van der Waals surface area (Å²) in [5, 5.41) is 0. The van der Waals surface area contributed by atoms with Gasteiger partial charge in [0.25, 0.3) is 0 Å². The molecule has 0 unspecified atom stereocenters. The van der Waals surface area contributed by atoms with Crippen LogP contribution in [0.3, 0.4) is 0 Å². The monoisotopic (exact) mass is 421 g/mol. The van der Waals surface area contributed by atoms with Crippen LogP contribution in [-0.2, 0) is 19.6 Å². The minimum atomic E-state index is -3.61. The molecule has 0 saturated carbocycles. The van der Waals surface area contributed by atoms with E-state index in [0.29, 0.717) is 13.0 Å². The number of unbranched alkanes of at least 4 members (excludes halogenated alkanes) is 1. The van der Waals surface area contributed by atoms with Crippen molar-refractivity contribution in [3.05, 3.63) is 0 Å². The molecule has 0 aromatic rings. The van der Waals surface area contributed by atoms with Crippen LogP contribution in [0.15, 0.2) is 0 Å². The highest BCUT2D eigenvalue weighted by molar-refractivity contribution is 7.88. The van der Waals surface area contributed by atoms with Crippen molar-refractivity contribution in [3.8, 4) is 0 Å². The molecule has 3 atom stereocenters. The molecule has 3 aliphatic heterocycles. The number of hydrogen-bond donors (Lipinski definition) is 0. The summed E-state index contributed by atoms with van der Waals surface area (Å²) >= 11 is 0. The van der Waals surface area contributed by atoms with Crippen LogP contribution < -0.4 is 0 Å². The zero-order valence-corrected chi connectivity index (χ0v) is 18.3. The highest BCUT2D eigenvalue weighted by Crippen LogP contribution is 2.42. The Morgan fingerprint density at radius 1 is 1.26 bits per heavy atom. The topological polar surface area (TPSA) is 78.0 Å². The van der Waals surface area contributed by atoms with Crippen molar-refractivity contribution in [1.82, 2.24) is 14.1 Å². The summed E-state index contributed by atoms with van der Waals surface area (Å²) in [4.78, 5) is 30.0. The number of rotatable bonds is 6. The van der Waals surface area contributed by atoms with Crippen molar-refractivity contribution >= 4 is 34.2 Å². The van der Waals surface area contributed by atoms with Crippen molar-refractivity contribution in [2.75, 3.05) is 32.4 Å². The van der Waals surface area contributed by atoms with Gasteiger partial charge in [0.2, 0.25) is 21.8 Å². The van der Waals surface area contributed by atoms with Crippen molar-refractivity contribution in [2.24, 2.45) is 17.8 Å². The Hall–Kier alpha value is -0.860. The second-order valence-electron chi connectivity index (χ2n) is 8.36. The van der Waals surface area contributed by atoms with Gasteiger partial charge in [-0.15, -0.1) is 12.4 Å². The molecule has 156 valence electrons. The molecule has 0 aromatic heterocycles. The molecular weight excluding hydrogens is 390 g/mol. The van der Waals surface area contributed by atoms with Gasteiger partial charge in [0.05, 0.1) is 30.2 Å². The lowest BCUT2D eigenvalue weighted by Gasteiger charge is -2.41. The molecule has 27 heavy (non-hydrogen) atoms. The molecule has 3 aliphatic rings. The lowest BCUT2D eigenvalue weighted by Crippen LogP contribution is -2.56. The summed E-state index contributed by atoms with van der Waals surface area (Å²) in [5.41, 5.74) is 0. The van der Waals surface area contributed by atoms with Crippen LogP contribution in [-0.4, -0.2) is 78.9 Å². The van der Waals surface area contributed by atoms with Crippen molar-refractivity contribution in [2.45, 2.75) is 52.1 Å². The Morgan fingerprint density at radius 2 is 1.89 bits per heavy atom. The number of carbonyl (C=O) groups excluding carboxylic acids is 2. The van der Waals surface area contributed by atoms with Crippen LogP contribution in [0, 0.1) is 17.8 Å². The predicted molar refractivity (Wildman–Crippen MR) is 106 cm³/mol. The van der Waals surface area contributed by atoms with Crippen LogP contribution in [0.4, 0.5) is 0 Å². The van der Waals surface area contributed by atoms with E-state index < -0.39 is 22.0 Å². The van der Waals surface area contributed by atoms with Crippen LogP contribution >= 0.6 is 12.4 Å². The Kier molecular flexibility index (Phi) is 6.85. The Morgan fingerprint density at radius 3 is 2.41 bits per heavy atom. The van der Waals surface area contributed by atoms with Crippen molar-refractivity contribution in [1.29, 1.82) is 0 Å². The predicted octanol–water partition coefficient (Wildman–Crippen LogP) is 1.18. The molecule has 0 aliphatic carbocycles. The number of hydrogen-bond acceptors (Lipinski definition) is 5. The largest absolute Gasteiger partial charge is 0.336 e. The fourth-order valence-electron chi connectivity index (χ4n) is 4.82. The summed E-state index contributed by atoms with van der Waals surface area (Å²) in [5.74, 6) is -0.692. The van der Waals surface area contributed by atoms with Gasteiger partial charge in [-0.2, -0.15) is 0 Å². The SMILES string of the molecule is CCCCN1CC(C(=O)N2CC[C@H]3[C@H]2[C@@H](C(C)C)C(=O)N3S(C)(=O)=O)C1.Cl. The molecule has 0 spiro atoms. The first-order valence-electron chi connectivity index (χ1n) is 9.72. The average Bonchev–Trinajstić information content (AvgIpc) is 3.00. The zero-order valence-electron chi connectivity index (χ0n) is 16.6. The summed E-state index contributed by atoms with van der Waals surface area (Å²) in [6.45, 7) is 9.16. The molecular formula is C18H32ClN3O4S. The number of likely N-dealkylation sites (tertiary alicyclic amines) is 2. The van der Waals surface area contributed by atoms with Crippen molar-refractivity contribution in [3.63, 3.8) is 0 Å². The number of sulfonamides is 1. The van der Waals surface area contributed by atoms with Gasteiger partial charge in [-0.25, -0.2) is 12.7 Å². The van der Waals surface area contributed by atoms with Gasteiger partial charge in [0.1, 0.15) is 0 Å². The first-order valence-corrected chi connectivity index (χ1v) is 11.6. The third-order valence-corrected chi connectivity index (χ3v) is 7.25. The summed E-state index contributed by atoms with van der Waals surface area (Å²) < 4.78 is 25.4. The smallest absolute Gasteiger partial charge is 0.241 e. The fraction of sp³-hybridized carbons (Fsp3) is 0.889. The summed E-state index contributed by atoms with van der Waals surface area (Å²) in [6, 6.07) is -0.709. The first kappa shape index (κ1) is 22.4. The zero-order chi connectivity index (χ0) is 19.2. The van der Waals surface area contributed by atoms with Crippen LogP contribution in [0.2, 0.25) is 0 Å². The number of amides is 2. The van der Waals surface area contributed by atoms with E-state index in [1.54, 1.807) is 0 Å². The fourth-order valence-corrected chi connectivity index (χ4v) is 5.99. The molecule has 3 fully saturated rings. The maximum Gasteiger partial charge on any atom is 0.241 e. The Balaban J connectivity index is 0.00000261. The normalized spacial score (nSPS) is 29.1. The van der Waals surface area contributed by atoms with E-state index in [9.17, 15) is 18.0 Å². The molecule has 0 bridgehead atoms. The number of nitrogens with zero attached hydrogens (tertiary/aromatic N) is 3. The van der Waals surface area contributed by atoms with E-state index >= 15 is 0 Å². The third kappa shape index (κ3) is 3.98. The number of halogens is 1. The van der Waals surface area contributed by atoms with E-state index in [1.165, 1.54) is 0 Å². The molecule has 7 nitrogen and oxygen atoms in total. The molecule has 0 radical (unpaired) electrons. The average molecular weight is 422 g/mol. The maximum absolute atomic E-state index is 13.0. The Bertz CT molecular complexity index is 678. The van der Waals surface area contributed by atoms with E-state index in [-0.39, 0.29) is 42.1 Å². The molecule has 3 heterocycles. The van der Waals surface area contributed by atoms with Gasteiger partial charge in [0, 0.05) is 19.6 Å². The van der Waals surface area contributed by atoms with Gasteiger partial charge >= 0.3 is 0 Å². The van der Waals surface area contributed by atoms with E-state index in [1.807, 2.05) is 18.7 Å². The molecule has 0 N–H and O–H groups in total. The highest BCUT2D eigenvalue weighted by Gasteiger charge is 2.59. The minimum absolute atomic E-state index is 0. The van der Waals surface area contributed by atoms with Gasteiger partial charge < -0.3 is 9.80 Å². The quantitative estimate of drug-likeness (QED) is 0.643.